The number of anilines is 1. The lowest BCUT2D eigenvalue weighted by Gasteiger charge is -2.10. The monoisotopic (exact) mass is 268 g/mol. The molecule has 3 N–H and O–H groups in total. The van der Waals surface area contributed by atoms with E-state index in [1.54, 1.807) is 6.92 Å². The first-order valence-electron chi connectivity index (χ1n) is 4.54. The predicted octanol–water partition coefficient (Wildman–Crippen LogP) is 1.42. The van der Waals surface area contributed by atoms with Crippen molar-refractivity contribution >= 4 is 15.7 Å². The predicted molar refractivity (Wildman–Crippen MR) is 56.8 cm³/mol. The van der Waals surface area contributed by atoms with E-state index in [0.717, 1.165) is 6.07 Å². The summed E-state index contributed by atoms with van der Waals surface area (Å²) in [7, 11) is -4.18. The highest BCUT2D eigenvalue weighted by molar-refractivity contribution is 7.89. The summed E-state index contributed by atoms with van der Waals surface area (Å²) in [4.78, 5) is -0.287. The Bertz CT molecular complexity index is 511. The Hall–Kier alpha value is -1.28. The van der Waals surface area contributed by atoms with Gasteiger partial charge in [-0.15, -0.1) is 0 Å². The molecule has 17 heavy (non-hydrogen) atoms. The number of hydrogen-bond acceptors (Lipinski definition) is 3. The first-order chi connectivity index (χ1) is 7.62. The van der Waals surface area contributed by atoms with Crippen LogP contribution in [0.25, 0.3) is 0 Å². The zero-order chi connectivity index (χ0) is 13.3. The van der Waals surface area contributed by atoms with Crippen LogP contribution in [0.5, 0.6) is 0 Å². The summed E-state index contributed by atoms with van der Waals surface area (Å²) in [6.45, 7) is 0.0536. The van der Waals surface area contributed by atoms with Crippen LogP contribution in [-0.2, 0) is 10.0 Å². The lowest BCUT2D eigenvalue weighted by molar-refractivity contribution is -0.121. The van der Waals surface area contributed by atoms with Gasteiger partial charge in [0.1, 0.15) is 6.54 Å². The first-order valence-corrected chi connectivity index (χ1v) is 6.03. The first kappa shape index (κ1) is 13.8. The van der Waals surface area contributed by atoms with Gasteiger partial charge in [0, 0.05) is 5.69 Å². The van der Waals surface area contributed by atoms with Crippen molar-refractivity contribution in [3.05, 3.63) is 23.8 Å². The SMILES string of the molecule is Cc1ccc(S(=O)(=O)NCC(F)(F)F)cc1N. The van der Waals surface area contributed by atoms with Gasteiger partial charge in [-0.25, -0.2) is 13.1 Å². The van der Waals surface area contributed by atoms with Gasteiger partial charge in [0.2, 0.25) is 10.0 Å². The highest BCUT2D eigenvalue weighted by Crippen LogP contribution is 2.18. The Morgan fingerprint density at radius 2 is 1.94 bits per heavy atom. The van der Waals surface area contributed by atoms with Crippen molar-refractivity contribution < 1.29 is 21.6 Å². The average Bonchev–Trinajstić information content (AvgIpc) is 2.18. The molecule has 0 atom stereocenters. The molecule has 8 heteroatoms. The van der Waals surface area contributed by atoms with Gasteiger partial charge in [0.05, 0.1) is 4.90 Å². The lowest BCUT2D eigenvalue weighted by Crippen LogP contribution is -2.33. The molecular formula is C9H11F3N2O2S. The van der Waals surface area contributed by atoms with Crippen molar-refractivity contribution in [2.75, 3.05) is 12.3 Å². The standard InChI is InChI=1S/C9H11F3N2O2S/c1-6-2-3-7(4-8(6)13)17(15,16)14-5-9(10,11)12/h2-4,14H,5,13H2,1H3. The Morgan fingerprint density at radius 3 is 2.41 bits per heavy atom. The van der Waals surface area contributed by atoms with E-state index in [1.807, 2.05) is 0 Å². The van der Waals surface area contributed by atoms with Gasteiger partial charge in [0.15, 0.2) is 0 Å². The number of sulfonamides is 1. The second kappa shape index (κ2) is 4.53. The lowest BCUT2D eigenvalue weighted by atomic mass is 10.2. The molecule has 0 aliphatic carbocycles. The second-order valence-corrected chi connectivity index (χ2v) is 5.23. The molecule has 0 amide bonds. The summed E-state index contributed by atoms with van der Waals surface area (Å²) in [6, 6.07) is 3.75. The number of nitrogen functional groups attached to an aromatic ring is 1. The molecule has 0 heterocycles. The second-order valence-electron chi connectivity index (χ2n) is 3.46. The molecule has 0 saturated carbocycles. The molecule has 0 spiro atoms. The maximum atomic E-state index is 11.9. The van der Waals surface area contributed by atoms with Gasteiger partial charge in [-0.05, 0) is 24.6 Å². The van der Waals surface area contributed by atoms with Gasteiger partial charge in [-0.1, -0.05) is 6.07 Å². The molecular weight excluding hydrogens is 257 g/mol. The van der Waals surface area contributed by atoms with Crippen LogP contribution < -0.4 is 10.5 Å². The molecule has 1 aromatic carbocycles. The van der Waals surface area contributed by atoms with E-state index < -0.39 is 22.7 Å². The van der Waals surface area contributed by atoms with Crippen LogP contribution in [0.2, 0.25) is 0 Å². The maximum absolute atomic E-state index is 11.9. The van der Waals surface area contributed by atoms with Crippen LogP contribution in [-0.4, -0.2) is 21.1 Å². The van der Waals surface area contributed by atoms with Gasteiger partial charge in [0.25, 0.3) is 0 Å². The third-order valence-electron chi connectivity index (χ3n) is 2.02. The minimum atomic E-state index is -4.59. The van der Waals surface area contributed by atoms with Crippen molar-refractivity contribution in [2.24, 2.45) is 0 Å². The quantitative estimate of drug-likeness (QED) is 0.814. The number of nitrogens with one attached hydrogen (secondary N) is 1. The summed E-state index contributed by atoms with van der Waals surface area (Å²) < 4.78 is 60.1. The average molecular weight is 268 g/mol. The number of rotatable bonds is 3. The molecule has 0 unspecified atom stereocenters. The van der Waals surface area contributed by atoms with Crippen LogP contribution >= 0.6 is 0 Å². The summed E-state index contributed by atoms with van der Waals surface area (Å²) in [5.74, 6) is 0. The molecule has 4 nitrogen and oxygen atoms in total. The summed E-state index contributed by atoms with van der Waals surface area (Å²) >= 11 is 0. The molecule has 0 radical (unpaired) electrons. The number of halogens is 3. The molecule has 1 rings (SSSR count). The van der Waals surface area contributed by atoms with E-state index in [9.17, 15) is 21.6 Å². The number of benzene rings is 1. The van der Waals surface area contributed by atoms with Crippen molar-refractivity contribution in [2.45, 2.75) is 18.0 Å². The van der Waals surface area contributed by atoms with Crippen LogP contribution in [0.4, 0.5) is 18.9 Å². The Labute approximate surface area is 96.7 Å². The third-order valence-corrected chi connectivity index (χ3v) is 3.42. The molecule has 0 bridgehead atoms. The molecule has 0 aromatic heterocycles. The highest BCUT2D eigenvalue weighted by atomic mass is 32.2. The van der Waals surface area contributed by atoms with E-state index >= 15 is 0 Å². The normalized spacial score (nSPS) is 12.7. The zero-order valence-corrected chi connectivity index (χ0v) is 9.69. The molecule has 96 valence electrons. The maximum Gasteiger partial charge on any atom is 0.402 e. The summed E-state index contributed by atoms with van der Waals surface area (Å²) in [6.07, 6.45) is -4.59. The summed E-state index contributed by atoms with van der Waals surface area (Å²) in [5, 5.41) is 0. The van der Waals surface area contributed by atoms with E-state index in [2.05, 4.69) is 0 Å². The zero-order valence-electron chi connectivity index (χ0n) is 8.88. The number of hydrogen-bond donors (Lipinski definition) is 2. The van der Waals surface area contributed by atoms with Gasteiger partial charge < -0.3 is 5.73 Å². The largest absolute Gasteiger partial charge is 0.402 e. The van der Waals surface area contributed by atoms with Crippen LogP contribution in [0, 0.1) is 6.92 Å². The number of nitrogens with two attached hydrogens (primary N) is 1. The van der Waals surface area contributed by atoms with Gasteiger partial charge in [-0.3, -0.25) is 0 Å². The topological polar surface area (TPSA) is 72.2 Å². The van der Waals surface area contributed by atoms with Crippen molar-refractivity contribution in [1.82, 2.24) is 4.72 Å². The fourth-order valence-corrected chi connectivity index (χ4v) is 2.10. The van der Waals surface area contributed by atoms with Crippen LogP contribution in [0.3, 0.4) is 0 Å². The minimum absolute atomic E-state index is 0.208. The third kappa shape index (κ3) is 3.90. The number of alkyl halides is 3. The number of aryl methyl sites for hydroxylation is 1. The van der Waals surface area contributed by atoms with E-state index in [0.29, 0.717) is 5.56 Å². The van der Waals surface area contributed by atoms with E-state index in [1.165, 1.54) is 16.9 Å². The molecule has 0 saturated heterocycles. The molecule has 0 fully saturated rings. The smallest absolute Gasteiger partial charge is 0.398 e. The van der Waals surface area contributed by atoms with Crippen LogP contribution in [0.15, 0.2) is 23.1 Å². The van der Waals surface area contributed by atoms with Gasteiger partial charge >= 0.3 is 6.18 Å². The molecule has 0 aliphatic rings. The Kier molecular flexibility index (Phi) is 3.68. The van der Waals surface area contributed by atoms with E-state index in [4.69, 9.17) is 5.73 Å². The van der Waals surface area contributed by atoms with Gasteiger partial charge in [-0.2, -0.15) is 13.2 Å². The fourth-order valence-electron chi connectivity index (χ4n) is 1.05. The van der Waals surface area contributed by atoms with E-state index in [-0.39, 0.29) is 10.6 Å². The van der Waals surface area contributed by atoms with Crippen molar-refractivity contribution in [3.63, 3.8) is 0 Å². The highest BCUT2D eigenvalue weighted by Gasteiger charge is 2.30. The van der Waals surface area contributed by atoms with Crippen molar-refractivity contribution in [3.8, 4) is 0 Å². The molecule has 0 aliphatic heterocycles. The minimum Gasteiger partial charge on any atom is -0.398 e. The van der Waals surface area contributed by atoms with Crippen molar-refractivity contribution in [1.29, 1.82) is 0 Å². The molecule has 1 aromatic rings. The Morgan fingerprint density at radius 1 is 1.35 bits per heavy atom. The summed E-state index contributed by atoms with van der Waals surface area (Å²) in [5.41, 5.74) is 6.35. The Balaban J connectivity index is 2.94. The fraction of sp³-hybridized carbons (Fsp3) is 0.333. The van der Waals surface area contributed by atoms with Crippen LogP contribution in [0.1, 0.15) is 5.56 Å².